The van der Waals surface area contributed by atoms with Gasteiger partial charge in [0.1, 0.15) is 5.75 Å². The second-order valence-corrected chi connectivity index (χ2v) is 7.95. The Balaban J connectivity index is 1.76. The molecule has 8 heteroatoms. The van der Waals surface area contributed by atoms with E-state index in [1.54, 1.807) is 24.3 Å². The fourth-order valence-corrected chi connectivity index (χ4v) is 4.50. The van der Waals surface area contributed by atoms with Gasteiger partial charge in [0.05, 0.1) is 5.25 Å². The topological polar surface area (TPSA) is 116 Å². The van der Waals surface area contributed by atoms with E-state index in [0.717, 1.165) is 12.8 Å². The monoisotopic (exact) mass is 335 g/mol. The zero-order valence-corrected chi connectivity index (χ0v) is 13.3. The van der Waals surface area contributed by atoms with Crippen LogP contribution >= 0.6 is 0 Å². The molecule has 0 atom stereocenters. The van der Waals surface area contributed by atoms with Gasteiger partial charge in [-0.25, -0.2) is 8.42 Å². The zero-order valence-electron chi connectivity index (χ0n) is 12.4. The Morgan fingerprint density at radius 1 is 1.22 bits per heavy atom. The molecule has 0 aliphatic heterocycles. The van der Waals surface area contributed by atoms with Gasteiger partial charge < -0.3 is 10.3 Å². The van der Waals surface area contributed by atoms with Crippen LogP contribution in [0, 0.1) is 0 Å². The smallest absolute Gasteiger partial charge is 0.248 e. The van der Waals surface area contributed by atoms with Crippen molar-refractivity contribution in [3.05, 3.63) is 35.7 Å². The van der Waals surface area contributed by atoms with E-state index >= 15 is 0 Å². The van der Waals surface area contributed by atoms with Crippen molar-refractivity contribution in [3.63, 3.8) is 0 Å². The van der Waals surface area contributed by atoms with Gasteiger partial charge in [0.2, 0.25) is 17.6 Å². The number of nitrogens with zero attached hydrogens (tertiary/aromatic N) is 2. The molecule has 0 saturated heterocycles. The maximum atomic E-state index is 12.3. The molecule has 122 valence electrons. The van der Waals surface area contributed by atoms with Crippen LogP contribution in [0.25, 0.3) is 11.4 Å². The minimum absolute atomic E-state index is 0.0888. The minimum atomic E-state index is -3.26. The molecule has 1 aromatic carbocycles. The molecule has 1 aliphatic rings. The standard InChI is InChI=1S/C15H17N3O4S/c16-14(19)10-5-7-11(8-6-10)15-17-13(22-18-15)9-23(20,21)12-3-1-2-4-12/h5-8,12H,1-4,9H2,(H2,16,19). The number of amides is 1. The third-order valence-corrected chi connectivity index (χ3v) is 6.17. The lowest BCUT2D eigenvalue weighted by molar-refractivity contribution is 0.100. The van der Waals surface area contributed by atoms with Gasteiger partial charge in [-0.15, -0.1) is 0 Å². The summed E-state index contributed by atoms with van der Waals surface area (Å²) >= 11 is 0. The third-order valence-electron chi connectivity index (χ3n) is 4.03. The van der Waals surface area contributed by atoms with Crippen molar-refractivity contribution in [1.29, 1.82) is 0 Å². The van der Waals surface area contributed by atoms with Crippen molar-refractivity contribution in [1.82, 2.24) is 10.1 Å². The first kappa shape index (κ1) is 15.7. The molecule has 2 aromatic rings. The molecule has 23 heavy (non-hydrogen) atoms. The summed E-state index contributed by atoms with van der Waals surface area (Å²) in [6.45, 7) is 0. The number of aromatic nitrogens is 2. The average molecular weight is 335 g/mol. The van der Waals surface area contributed by atoms with E-state index < -0.39 is 15.7 Å². The number of hydrogen-bond donors (Lipinski definition) is 1. The second kappa shape index (κ2) is 6.11. The summed E-state index contributed by atoms with van der Waals surface area (Å²) < 4.78 is 29.6. The first-order chi connectivity index (χ1) is 11.0. The Morgan fingerprint density at radius 2 is 1.87 bits per heavy atom. The molecule has 1 heterocycles. The molecule has 1 aromatic heterocycles. The lowest BCUT2D eigenvalue weighted by Gasteiger charge is -2.07. The van der Waals surface area contributed by atoms with Crippen LogP contribution < -0.4 is 5.73 Å². The van der Waals surface area contributed by atoms with Gasteiger partial charge in [0, 0.05) is 11.1 Å². The maximum absolute atomic E-state index is 12.3. The summed E-state index contributed by atoms with van der Waals surface area (Å²) in [6.07, 6.45) is 3.31. The van der Waals surface area contributed by atoms with Crippen molar-refractivity contribution in [3.8, 4) is 11.4 Å². The van der Waals surface area contributed by atoms with E-state index in [2.05, 4.69) is 10.1 Å². The van der Waals surface area contributed by atoms with Crippen LogP contribution in [0.2, 0.25) is 0 Å². The normalized spacial score (nSPS) is 15.8. The van der Waals surface area contributed by atoms with Crippen LogP contribution in [0.4, 0.5) is 0 Å². The predicted molar refractivity (Wildman–Crippen MR) is 83.1 cm³/mol. The summed E-state index contributed by atoms with van der Waals surface area (Å²) in [5, 5.41) is 3.51. The minimum Gasteiger partial charge on any atom is -0.366 e. The van der Waals surface area contributed by atoms with E-state index in [4.69, 9.17) is 10.3 Å². The number of hydrogen-bond acceptors (Lipinski definition) is 6. The van der Waals surface area contributed by atoms with Crippen LogP contribution in [-0.2, 0) is 15.6 Å². The molecule has 7 nitrogen and oxygen atoms in total. The van der Waals surface area contributed by atoms with Crippen LogP contribution in [0.15, 0.2) is 28.8 Å². The molecule has 0 radical (unpaired) electrons. The molecule has 1 aliphatic carbocycles. The van der Waals surface area contributed by atoms with E-state index in [9.17, 15) is 13.2 Å². The third kappa shape index (κ3) is 3.42. The van der Waals surface area contributed by atoms with E-state index in [1.165, 1.54) is 0 Å². The number of nitrogens with two attached hydrogens (primary N) is 1. The number of carbonyl (C=O) groups excluding carboxylic acids is 1. The van der Waals surface area contributed by atoms with E-state index in [0.29, 0.717) is 24.0 Å². The van der Waals surface area contributed by atoms with Crippen molar-refractivity contribution in [2.75, 3.05) is 0 Å². The van der Waals surface area contributed by atoms with Gasteiger partial charge in [-0.1, -0.05) is 30.1 Å². The predicted octanol–water partition coefficient (Wildman–Crippen LogP) is 1.69. The van der Waals surface area contributed by atoms with Crippen LogP contribution in [0.1, 0.15) is 41.9 Å². The average Bonchev–Trinajstić information content (AvgIpc) is 3.18. The van der Waals surface area contributed by atoms with Gasteiger partial charge in [0.25, 0.3) is 0 Å². The quantitative estimate of drug-likeness (QED) is 0.889. The number of benzene rings is 1. The van der Waals surface area contributed by atoms with Gasteiger partial charge >= 0.3 is 0 Å². The van der Waals surface area contributed by atoms with Crippen molar-refractivity contribution < 1.29 is 17.7 Å². The van der Waals surface area contributed by atoms with Gasteiger partial charge in [-0.05, 0) is 25.0 Å². The highest BCUT2D eigenvalue weighted by Gasteiger charge is 2.30. The Bertz CT molecular complexity index is 806. The summed E-state index contributed by atoms with van der Waals surface area (Å²) in [5.41, 5.74) is 6.18. The Morgan fingerprint density at radius 3 is 2.48 bits per heavy atom. The molecule has 1 fully saturated rings. The lowest BCUT2D eigenvalue weighted by Crippen LogP contribution is -2.19. The Kier molecular flexibility index (Phi) is 4.16. The van der Waals surface area contributed by atoms with Crippen molar-refractivity contribution in [2.45, 2.75) is 36.7 Å². The van der Waals surface area contributed by atoms with Crippen LogP contribution in [-0.4, -0.2) is 29.7 Å². The SMILES string of the molecule is NC(=O)c1ccc(-c2noc(CS(=O)(=O)C3CCCC3)n2)cc1. The molecule has 1 amide bonds. The number of primary amides is 1. The number of sulfone groups is 1. The Labute approximate surface area is 133 Å². The molecule has 0 bridgehead atoms. The molecule has 3 rings (SSSR count). The fourth-order valence-electron chi connectivity index (χ4n) is 2.75. The highest BCUT2D eigenvalue weighted by molar-refractivity contribution is 7.91. The highest BCUT2D eigenvalue weighted by Crippen LogP contribution is 2.27. The van der Waals surface area contributed by atoms with E-state index in [-0.39, 0.29) is 22.7 Å². The molecular weight excluding hydrogens is 318 g/mol. The lowest BCUT2D eigenvalue weighted by atomic mass is 10.1. The molecule has 0 unspecified atom stereocenters. The van der Waals surface area contributed by atoms with E-state index in [1.807, 2.05) is 0 Å². The molecule has 1 saturated carbocycles. The largest absolute Gasteiger partial charge is 0.366 e. The summed E-state index contributed by atoms with van der Waals surface area (Å²) in [4.78, 5) is 15.2. The summed E-state index contributed by atoms with van der Waals surface area (Å²) in [5.74, 6) is -0.374. The van der Waals surface area contributed by atoms with Crippen molar-refractivity contribution in [2.24, 2.45) is 5.73 Å². The zero-order chi connectivity index (χ0) is 16.4. The van der Waals surface area contributed by atoms with Gasteiger partial charge in [-0.2, -0.15) is 4.98 Å². The molecule has 0 spiro atoms. The Hall–Kier alpha value is -2.22. The van der Waals surface area contributed by atoms with Crippen LogP contribution in [0.5, 0.6) is 0 Å². The highest BCUT2D eigenvalue weighted by atomic mass is 32.2. The maximum Gasteiger partial charge on any atom is 0.248 e. The summed E-state index contributed by atoms with van der Waals surface area (Å²) in [6, 6.07) is 6.40. The van der Waals surface area contributed by atoms with Crippen molar-refractivity contribution >= 4 is 15.7 Å². The van der Waals surface area contributed by atoms with Crippen LogP contribution in [0.3, 0.4) is 0 Å². The first-order valence-electron chi connectivity index (χ1n) is 7.40. The second-order valence-electron chi connectivity index (χ2n) is 5.67. The molecule has 2 N–H and O–H groups in total. The number of rotatable bonds is 5. The first-order valence-corrected chi connectivity index (χ1v) is 9.11. The summed E-state index contributed by atoms with van der Waals surface area (Å²) in [7, 11) is -3.26. The fraction of sp³-hybridized carbons (Fsp3) is 0.400. The molecular formula is C15H17N3O4S. The van der Waals surface area contributed by atoms with Gasteiger partial charge in [-0.3, -0.25) is 4.79 Å². The van der Waals surface area contributed by atoms with Gasteiger partial charge in [0.15, 0.2) is 9.84 Å². The number of carbonyl (C=O) groups is 1.